The first-order valence-corrected chi connectivity index (χ1v) is 4.44. The minimum absolute atomic E-state index is 0.0586. The third kappa shape index (κ3) is 1.59. The van der Waals surface area contributed by atoms with E-state index in [1.54, 1.807) is 0 Å². The van der Waals surface area contributed by atoms with Gasteiger partial charge in [-0.1, -0.05) is 0 Å². The van der Waals surface area contributed by atoms with Crippen LogP contribution >= 0.6 is 46.4 Å². The fourth-order valence-electron chi connectivity index (χ4n) is 0.874. The van der Waals surface area contributed by atoms with Crippen LogP contribution in [-0.2, 0) is 0 Å². The fourth-order valence-corrected chi connectivity index (χ4v) is 2.37. The van der Waals surface area contributed by atoms with Crippen LogP contribution in [0.1, 0.15) is 6.42 Å². The van der Waals surface area contributed by atoms with Gasteiger partial charge in [0.05, 0.1) is 21.5 Å². The number of halogens is 4. The molecule has 0 radical (unpaired) electrons. The van der Waals surface area contributed by atoms with Crippen molar-refractivity contribution in [2.24, 2.45) is 0 Å². The molecule has 1 saturated carbocycles. The van der Waals surface area contributed by atoms with E-state index >= 15 is 0 Å². The van der Waals surface area contributed by atoms with E-state index in [0.29, 0.717) is 6.42 Å². The molecule has 0 aliphatic heterocycles. The van der Waals surface area contributed by atoms with Gasteiger partial charge in [-0.3, -0.25) is 0 Å². The molecule has 4 heteroatoms. The summed E-state index contributed by atoms with van der Waals surface area (Å²) in [6, 6.07) is 0. The maximum Gasteiger partial charge on any atom is 0.0678 e. The van der Waals surface area contributed by atoms with Crippen LogP contribution in [-0.4, -0.2) is 21.5 Å². The Labute approximate surface area is 74.4 Å². The standard InChI is InChI=1S/C5H6Cl4/c6-2-1-3(7)5(9)4(2)8/h2-5H,1H2/t2-,3-,4+,5+/m0/s1. The van der Waals surface area contributed by atoms with Crippen LogP contribution in [0.25, 0.3) is 0 Å². The summed E-state index contributed by atoms with van der Waals surface area (Å²) in [6.45, 7) is 0. The third-order valence-corrected chi connectivity index (χ3v) is 3.88. The Bertz CT molecular complexity index is 93.1. The second-order valence-corrected chi connectivity index (χ2v) is 4.29. The summed E-state index contributed by atoms with van der Waals surface area (Å²) < 4.78 is 0. The largest absolute Gasteiger partial charge is 0.121 e. The van der Waals surface area contributed by atoms with E-state index < -0.39 is 0 Å². The van der Waals surface area contributed by atoms with Gasteiger partial charge in [0.1, 0.15) is 0 Å². The second kappa shape index (κ2) is 3.04. The van der Waals surface area contributed by atoms with E-state index in [4.69, 9.17) is 46.4 Å². The van der Waals surface area contributed by atoms with Crippen molar-refractivity contribution in [1.82, 2.24) is 0 Å². The van der Waals surface area contributed by atoms with E-state index in [1.807, 2.05) is 0 Å². The molecule has 1 rings (SSSR count). The van der Waals surface area contributed by atoms with E-state index in [1.165, 1.54) is 0 Å². The van der Waals surface area contributed by atoms with Gasteiger partial charge in [0, 0.05) is 0 Å². The predicted molar refractivity (Wildman–Crippen MR) is 43.2 cm³/mol. The summed E-state index contributed by atoms with van der Waals surface area (Å²) in [5.74, 6) is 0. The Morgan fingerprint density at radius 1 is 0.778 bits per heavy atom. The molecular formula is C5H6Cl4. The molecule has 0 heterocycles. The first kappa shape index (κ1) is 8.26. The lowest BCUT2D eigenvalue weighted by Gasteiger charge is -2.07. The van der Waals surface area contributed by atoms with Crippen LogP contribution in [0, 0.1) is 0 Å². The highest BCUT2D eigenvalue weighted by Gasteiger charge is 2.39. The van der Waals surface area contributed by atoms with Gasteiger partial charge in [0.2, 0.25) is 0 Å². The highest BCUT2D eigenvalue weighted by atomic mass is 35.5. The Morgan fingerprint density at radius 3 is 1.22 bits per heavy atom. The molecule has 9 heavy (non-hydrogen) atoms. The summed E-state index contributed by atoms with van der Waals surface area (Å²) in [5.41, 5.74) is 0. The zero-order chi connectivity index (χ0) is 7.02. The quantitative estimate of drug-likeness (QED) is 0.537. The highest BCUT2D eigenvalue weighted by molar-refractivity contribution is 6.39. The average Bonchev–Trinajstić information content (AvgIpc) is 1.98. The van der Waals surface area contributed by atoms with Crippen LogP contribution in [0.4, 0.5) is 0 Å². The molecule has 0 aromatic carbocycles. The van der Waals surface area contributed by atoms with Crippen molar-refractivity contribution in [1.29, 1.82) is 0 Å². The lowest BCUT2D eigenvalue weighted by Crippen LogP contribution is -2.17. The Balaban J connectivity index is 2.54. The van der Waals surface area contributed by atoms with Crippen molar-refractivity contribution in [2.45, 2.75) is 27.9 Å². The maximum absolute atomic E-state index is 5.76. The lowest BCUT2D eigenvalue weighted by molar-refractivity contribution is 0.901. The Kier molecular flexibility index (Phi) is 2.79. The van der Waals surface area contributed by atoms with E-state index in [2.05, 4.69) is 0 Å². The summed E-state index contributed by atoms with van der Waals surface area (Å²) >= 11 is 23.0. The Hall–Kier alpha value is 1.16. The molecule has 0 nitrogen and oxygen atoms in total. The van der Waals surface area contributed by atoms with Crippen LogP contribution < -0.4 is 0 Å². The fraction of sp³-hybridized carbons (Fsp3) is 1.00. The number of rotatable bonds is 0. The minimum Gasteiger partial charge on any atom is -0.121 e. The first-order chi connectivity index (χ1) is 4.13. The molecule has 0 aromatic rings. The van der Waals surface area contributed by atoms with Crippen LogP contribution in [0.3, 0.4) is 0 Å². The van der Waals surface area contributed by atoms with Crippen molar-refractivity contribution in [3.8, 4) is 0 Å². The molecule has 4 atom stereocenters. The van der Waals surface area contributed by atoms with Gasteiger partial charge in [-0.25, -0.2) is 0 Å². The van der Waals surface area contributed by atoms with Crippen molar-refractivity contribution >= 4 is 46.4 Å². The molecule has 0 unspecified atom stereocenters. The van der Waals surface area contributed by atoms with Gasteiger partial charge >= 0.3 is 0 Å². The number of hydrogen-bond acceptors (Lipinski definition) is 0. The van der Waals surface area contributed by atoms with Crippen LogP contribution in [0.5, 0.6) is 0 Å². The molecule has 0 aromatic heterocycles. The van der Waals surface area contributed by atoms with E-state index in [0.717, 1.165) is 0 Å². The summed E-state index contributed by atoms with van der Waals surface area (Å²) in [6.07, 6.45) is 0.714. The van der Waals surface area contributed by atoms with Gasteiger partial charge in [-0.15, -0.1) is 46.4 Å². The molecule has 1 aliphatic rings. The molecule has 0 amide bonds. The molecule has 0 saturated heterocycles. The number of hydrogen-bond donors (Lipinski definition) is 0. The molecular weight excluding hydrogens is 202 g/mol. The van der Waals surface area contributed by atoms with Gasteiger partial charge < -0.3 is 0 Å². The van der Waals surface area contributed by atoms with E-state index in [9.17, 15) is 0 Å². The molecule has 1 aliphatic carbocycles. The van der Waals surface area contributed by atoms with Crippen molar-refractivity contribution in [3.63, 3.8) is 0 Å². The lowest BCUT2D eigenvalue weighted by atomic mass is 10.4. The topological polar surface area (TPSA) is 0 Å². The zero-order valence-electron chi connectivity index (χ0n) is 4.53. The monoisotopic (exact) mass is 206 g/mol. The molecule has 0 spiro atoms. The first-order valence-electron chi connectivity index (χ1n) is 2.69. The maximum atomic E-state index is 5.76. The minimum atomic E-state index is -0.171. The van der Waals surface area contributed by atoms with Crippen molar-refractivity contribution in [3.05, 3.63) is 0 Å². The molecule has 1 fully saturated rings. The Morgan fingerprint density at radius 2 is 1.11 bits per heavy atom. The van der Waals surface area contributed by atoms with Crippen LogP contribution in [0.2, 0.25) is 0 Å². The third-order valence-electron chi connectivity index (χ3n) is 1.45. The zero-order valence-corrected chi connectivity index (χ0v) is 7.55. The predicted octanol–water partition coefficient (Wildman–Crippen LogP) is 2.82. The van der Waals surface area contributed by atoms with Gasteiger partial charge in [0.25, 0.3) is 0 Å². The number of alkyl halides is 4. The SMILES string of the molecule is Cl[C@H]1[C@H](Cl)[C@@H](Cl)C[C@@H]1Cl. The van der Waals surface area contributed by atoms with E-state index in [-0.39, 0.29) is 21.5 Å². The van der Waals surface area contributed by atoms with Crippen LogP contribution in [0.15, 0.2) is 0 Å². The highest BCUT2D eigenvalue weighted by Crippen LogP contribution is 2.36. The second-order valence-electron chi connectivity index (χ2n) is 2.16. The normalized spacial score (nSPS) is 52.0. The van der Waals surface area contributed by atoms with Gasteiger partial charge in [0.15, 0.2) is 0 Å². The van der Waals surface area contributed by atoms with Crippen molar-refractivity contribution < 1.29 is 0 Å². The molecule has 0 N–H and O–H groups in total. The summed E-state index contributed by atoms with van der Waals surface area (Å²) in [5, 5.41) is -0.458. The molecule has 0 bridgehead atoms. The average molecular weight is 208 g/mol. The van der Waals surface area contributed by atoms with Gasteiger partial charge in [-0.2, -0.15) is 0 Å². The summed E-state index contributed by atoms with van der Waals surface area (Å²) in [7, 11) is 0. The summed E-state index contributed by atoms with van der Waals surface area (Å²) in [4.78, 5) is 0. The smallest absolute Gasteiger partial charge is 0.0678 e. The van der Waals surface area contributed by atoms with Crippen molar-refractivity contribution in [2.75, 3.05) is 0 Å². The molecule has 54 valence electrons. The van der Waals surface area contributed by atoms with Gasteiger partial charge in [-0.05, 0) is 6.42 Å².